The van der Waals surface area contributed by atoms with Gasteiger partial charge in [-0.2, -0.15) is 26.3 Å². The minimum absolute atomic E-state index is 0.00491. The first kappa shape index (κ1) is 29.8. The van der Waals surface area contributed by atoms with E-state index in [1.165, 1.54) is 7.11 Å². The molecule has 2 aliphatic heterocycles. The van der Waals surface area contributed by atoms with Crippen LogP contribution in [0.1, 0.15) is 12.0 Å². The molecule has 0 saturated carbocycles. The molecule has 0 aromatic carbocycles. The fraction of sp³-hybridized carbons (Fsp3) is 0.714. The standard InChI is InChI=1S/C21H28F6N6O5/c1-36-11-14(38-15-10-30-31-18(35)17(15)21(25,26)27)12-37-7-2-16(34)32-3-5-33(6-4-32)19-28-8-13(9-29-19)20(22,23)24/h8-9,14-15,17,30H,2-7,10-12H2,1H3,(H,31,35)/t14-,15?,17?/m1/s1. The lowest BCUT2D eigenvalue weighted by molar-refractivity contribution is -0.223. The summed E-state index contributed by atoms with van der Waals surface area (Å²) in [6.07, 6.45) is -10.3. The fourth-order valence-corrected chi connectivity index (χ4v) is 3.97. The Morgan fingerprint density at radius 1 is 1.11 bits per heavy atom. The average molecular weight is 558 g/mol. The maximum absolute atomic E-state index is 13.3. The van der Waals surface area contributed by atoms with E-state index in [-0.39, 0.29) is 44.6 Å². The smallest absolute Gasteiger partial charge is 0.382 e. The van der Waals surface area contributed by atoms with Gasteiger partial charge in [-0.25, -0.2) is 15.4 Å². The Kier molecular flexibility index (Phi) is 10.1. The number of carbonyl (C=O) groups excluding carboxylic acids is 2. The number of amides is 2. The van der Waals surface area contributed by atoms with Gasteiger partial charge in [0.05, 0.1) is 37.9 Å². The van der Waals surface area contributed by atoms with Crippen LogP contribution in [0, 0.1) is 5.92 Å². The van der Waals surface area contributed by atoms with E-state index >= 15 is 0 Å². The number of piperazine rings is 1. The Labute approximate surface area is 213 Å². The summed E-state index contributed by atoms with van der Waals surface area (Å²) >= 11 is 0. The Bertz CT molecular complexity index is 927. The first-order valence-electron chi connectivity index (χ1n) is 11.6. The van der Waals surface area contributed by atoms with E-state index in [0.29, 0.717) is 38.6 Å². The molecule has 38 heavy (non-hydrogen) atoms. The van der Waals surface area contributed by atoms with E-state index in [4.69, 9.17) is 14.2 Å². The lowest BCUT2D eigenvalue weighted by atomic mass is 9.99. The second-order valence-electron chi connectivity index (χ2n) is 8.60. The Balaban J connectivity index is 1.41. The Morgan fingerprint density at radius 3 is 2.34 bits per heavy atom. The lowest BCUT2D eigenvalue weighted by Crippen LogP contribution is -2.61. The van der Waals surface area contributed by atoms with Gasteiger partial charge >= 0.3 is 12.4 Å². The topological polar surface area (TPSA) is 118 Å². The van der Waals surface area contributed by atoms with Crippen molar-refractivity contribution in [3.8, 4) is 0 Å². The zero-order chi connectivity index (χ0) is 27.9. The monoisotopic (exact) mass is 558 g/mol. The second kappa shape index (κ2) is 12.9. The minimum Gasteiger partial charge on any atom is -0.382 e. The summed E-state index contributed by atoms with van der Waals surface area (Å²) in [7, 11) is 1.34. The number of nitrogens with zero attached hydrogens (tertiary/aromatic N) is 4. The molecule has 2 fully saturated rings. The van der Waals surface area contributed by atoms with Crippen LogP contribution < -0.4 is 15.8 Å². The normalized spacial score (nSPS) is 21.8. The SMILES string of the molecule is COC[C@H](COCCC(=O)N1CCN(c2ncc(C(F)(F)F)cn2)CC1)OC1CNNC(=O)C1C(F)(F)F. The molecule has 3 atom stereocenters. The van der Waals surface area contributed by atoms with Crippen LogP contribution >= 0.6 is 0 Å². The molecular formula is C21H28F6N6O5. The number of rotatable bonds is 10. The molecule has 0 bridgehead atoms. The summed E-state index contributed by atoms with van der Waals surface area (Å²) in [6.45, 7) is 0.695. The Hall–Kier alpha value is -2.76. The summed E-state index contributed by atoms with van der Waals surface area (Å²) in [5, 5.41) is 0. The predicted molar refractivity (Wildman–Crippen MR) is 117 cm³/mol. The molecule has 17 heteroatoms. The number of hydrogen-bond donors (Lipinski definition) is 2. The van der Waals surface area contributed by atoms with Gasteiger partial charge in [0.1, 0.15) is 6.10 Å². The number of aromatic nitrogens is 2. The van der Waals surface area contributed by atoms with Crippen LogP contribution in [0.3, 0.4) is 0 Å². The molecule has 1 aromatic rings. The molecule has 0 aliphatic carbocycles. The molecule has 2 unspecified atom stereocenters. The van der Waals surface area contributed by atoms with Gasteiger partial charge in [-0.1, -0.05) is 0 Å². The van der Waals surface area contributed by atoms with Crippen LogP contribution in [0.25, 0.3) is 0 Å². The zero-order valence-corrected chi connectivity index (χ0v) is 20.3. The largest absolute Gasteiger partial charge is 0.419 e. The highest BCUT2D eigenvalue weighted by atomic mass is 19.4. The highest BCUT2D eigenvalue weighted by Gasteiger charge is 2.52. The van der Waals surface area contributed by atoms with Crippen LogP contribution in [0.15, 0.2) is 12.4 Å². The number of hydrogen-bond acceptors (Lipinski definition) is 9. The number of anilines is 1. The third-order valence-corrected chi connectivity index (χ3v) is 5.89. The third-order valence-electron chi connectivity index (χ3n) is 5.89. The van der Waals surface area contributed by atoms with Crippen molar-refractivity contribution in [1.29, 1.82) is 0 Å². The van der Waals surface area contributed by atoms with Gasteiger partial charge in [-0.15, -0.1) is 0 Å². The lowest BCUT2D eigenvalue weighted by Gasteiger charge is -2.35. The van der Waals surface area contributed by atoms with Crippen LogP contribution in [0.5, 0.6) is 0 Å². The van der Waals surface area contributed by atoms with E-state index in [2.05, 4.69) is 15.4 Å². The number of ether oxygens (including phenoxy) is 3. The Morgan fingerprint density at radius 2 is 1.76 bits per heavy atom. The van der Waals surface area contributed by atoms with Gasteiger partial charge in [-0.05, 0) is 0 Å². The van der Waals surface area contributed by atoms with Crippen LogP contribution in [0.2, 0.25) is 0 Å². The molecule has 11 nitrogen and oxygen atoms in total. The summed E-state index contributed by atoms with van der Waals surface area (Å²) < 4.78 is 93.8. The molecule has 2 amide bonds. The molecule has 214 valence electrons. The van der Waals surface area contributed by atoms with Crippen molar-refractivity contribution in [2.45, 2.75) is 31.0 Å². The minimum atomic E-state index is -4.80. The van der Waals surface area contributed by atoms with E-state index in [0.717, 1.165) is 0 Å². The quantitative estimate of drug-likeness (QED) is 0.317. The summed E-state index contributed by atoms with van der Waals surface area (Å²) in [4.78, 5) is 35.0. The average Bonchev–Trinajstić information content (AvgIpc) is 2.85. The summed E-state index contributed by atoms with van der Waals surface area (Å²) in [5.74, 6) is -3.69. The summed E-state index contributed by atoms with van der Waals surface area (Å²) in [6, 6.07) is 0. The molecule has 3 heterocycles. The van der Waals surface area contributed by atoms with Gasteiger partial charge < -0.3 is 24.0 Å². The van der Waals surface area contributed by atoms with Gasteiger partial charge in [0.2, 0.25) is 17.8 Å². The van der Waals surface area contributed by atoms with Crippen molar-refractivity contribution in [1.82, 2.24) is 25.7 Å². The number of alkyl halides is 6. The van der Waals surface area contributed by atoms with Crippen molar-refractivity contribution in [3.05, 3.63) is 18.0 Å². The highest BCUT2D eigenvalue weighted by Crippen LogP contribution is 2.32. The van der Waals surface area contributed by atoms with Crippen molar-refractivity contribution in [3.63, 3.8) is 0 Å². The van der Waals surface area contributed by atoms with Crippen molar-refractivity contribution in [2.75, 3.05) is 64.6 Å². The molecule has 2 N–H and O–H groups in total. The molecule has 0 radical (unpaired) electrons. The van der Waals surface area contributed by atoms with E-state index < -0.39 is 41.9 Å². The molecule has 3 rings (SSSR count). The first-order valence-corrected chi connectivity index (χ1v) is 11.6. The molecule has 1 aromatic heterocycles. The molecule has 0 spiro atoms. The first-order chi connectivity index (χ1) is 17.9. The molecule has 2 saturated heterocycles. The van der Waals surface area contributed by atoms with Crippen LogP contribution in [-0.2, 0) is 30.0 Å². The zero-order valence-electron chi connectivity index (χ0n) is 20.3. The number of carbonyl (C=O) groups is 2. The van der Waals surface area contributed by atoms with Crippen LogP contribution in [0.4, 0.5) is 32.3 Å². The maximum Gasteiger partial charge on any atom is 0.419 e. The number of hydrazine groups is 1. The summed E-state index contributed by atoms with van der Waals surface area (Å²) in [5.41, 5.74) is 3.36. The van der Waals surface area contributed by atoms with Crippen molar-refractivity contribution >= 4 is 17.8 Å². The third kappa shape index (κ3) is 8.12. The fourth-order valence-electron chi connectivity index (χ4n) is 3.97. The molecule has 2 aliphatic rings. The number of halogens is 6. The van der Waals surface area contributed by atoms with Gasteiger partial charge in [0.15, 0.2) is 5.92 Å². The van der Waals surface area contributed by atoms with E-state index in [9.17, 15) is 35.9 Å². The van der Waals surface area contributed by atoms with E-state index in [1.807, 2.05) is 5.43 Å². The highest BCUT2D eigenvalue weighted by molar-refractivity contribution is 5.80. The van der Waals surface area contributed by atoms with Gasteiger partial charge in [-0.3, -0.25) is 15.0 Å². The molecular weight excluding hydrogens is 530 g/mol. The maximum atomic E-state index is 13.3. The van der Waals surface area contributed by atoms with Crippen molar-refractivity contribution < 1.29 is 50.1 Å². The van der Waals surface area contributed by atoms with Gasteiger partial charge in [0, 0.05) is 52.2 Å². The van der Waals surface area contributed by atoms with E-state index in [1.54, 1.807) is 9.80 Å². The predicted octanol–water partition coefficient (Wildman–Crippen LogP) is 0.764. The number of methoxy groups -OCH3 is 1. The van der Waals surface area contributed by atoms with Crippen LogP contribution in [-0.4, -0.2) is 105 Å². The second-order valence-corrected chi connectivity index (χ2v) is 8.60. The van der Waals surface area contributed by atoms with Gasteiger partial charge in [0.25, 0.3) is 0 Å². The number of nitrogens with one attached hydrogen (secondary N) is 2. The van der Waals surface area contributed by atoms with Crippen molar-refractivity contribution in [2.24, 2.45) is 5.92 Å².